The second-order valence-electron chi connectivity index (χ2n) is 6.82. The molecular weight excluding hydrogens is 304 g/mol. The first-order valence-corrected chi connectivity index (χ1v) is 9.00. The van der Waals surface area contributed by atoms with Crippen LogP contribution in [0.3, 0.4) is 0 Å². The van der Waals surface area contributed by atoms with Gasteiger partial charge in [-0.3, -0.25) is 4.79 Å². The first kappa shape index (κ1) is 17.2. The number of benzene rings is 1. The summed E-state index contributed by atoms with van der Waals surface area (Å²) in [5.74, 6) is 1.69. The standard InChI is InChI=1S/C19H28N2O3/c1-23-18-5-3-2-4-17(18)20-19(22)16-6-10-21(11-7-16)14-15-8-12-24-13-9-15/h2-5,15-16H,6-14H2,1H3,(H,20,22). The highest BCUT2D eigenvalue weighted by Crippen LogP contribution is 2.26. The van der Waals surface area contributed by atoms with Crippen molar-refractivity contribution >= 4 is 11.6 Å². The number of nitrogens with zero attached hydrogens (tertiary/aromatic N) is 1. The summed E-state index contributed by atoms with van der Waals surface area (Å²) in [4.78, 5) is 15.0. The van der Waals surface area contributed by atoms with E-state index in [1.54, 1.807) is 7.11 Å². The maximum absolute atomic E-state index is 12.5. The average molecular weight is 332 g/mol. The van der Waals surface area contributed by atoms with Crippen molar-refractivity contribution in [2.45, 2.75) is 25.7 Å². The molecule has 5 nitrogen and oxygen atoms in total. The quantitative estimate of drug-likeness (QED) is 0.901. The highest BCUT2D eigenvalue weighted by molar-refractivity contribution is 5.94. The Balaban J connectivity index is 1.46. The van der Waals surface area contributed by atoms with Gasteiger partial charge in [0.15, 0.2) is 0 Å². The van der Waals surface area contributed by atoms with E-state index in [4.69, 9.17) is 9.47 Å². The summed E-state index contributed by atoms with van der Waals surface area (Å²) in [5, 5.41) is 3.03. The van der Waals surface area contributed by atoms with Gasteiger partial charge in [-0.2, -0.15) is 0 Å². The molecule has 0 radical (unpaired) electrons. The predicted octanol–water partition coefficient (Wildman–Crippen LogP) is 2.77. The van der Waals surface area contributed by atoms with Crippen LogP contribution in [0.5, 0.6) is 5.75 Å². The Bertz CT molecular complexity index is 535. The van der Waals surface area contributed by atoms with E-state index in [2.05, 4.69) is 10.2 Å². The SMILES string of the molecule is COc1ccccc1NC(=O)C1CCN(CC2CCOCC2)CC1. The molecule has 1 aromatic rings. The first-order valence-electron chi connectivity index (χ1n) is 9.00. The van der Waals surface area contributed by atoms with Crippen molar-refractivity contribution in [3.8, 4) is 5.75 Å². The highest BCUT2D eigenvalue weighted by Gasteiger charge is 2.27. The second-order valence-corrected chi connectivity index (χ2v) is 6.82. The molecule has 0 spiro atoms. The lowest BCUT2D eigenvalue weighted by molar-refractivity contribution is -0.121. The molecule has 2 aliphatic rings. The molecule has 132 valence electrons. The van der Waals surface area contributed by atoms with Crippen LogP contribution in [0.4, 0.5) is 5.69 Å². The first-order chi connectivity index (χ1) is 11.8. The van der Waals surface area contributed by atoms with Crippen LogP contribution in [0.25, 0.3) is 0 Å². The summed E-state index contributed by atoms with van der Waals surface area (Å²) in [6, 6.07) is 7.57. The maximum Gasteiger partial charge on any atom is 0.227 e. The molecule has 0 saturated carbocycles. The molecular formula is C19H28N2O3. The van der Waals surface area contributed by atoms with Crippen molar-refractivity contribution in [1.29, 1.82) is 0 Å². The molecule has 2 heterocycles. The molecule has 1 amide bonds. The summed E-state index contributed by atoms with van der Waals surface area (Å²) in [6.45, 7) is 5.00. The third kappa shape index (κ3) is 4.48. The fourth-order valence-corrected chi connectivity index (χ4v) is 3.65. The van der Waals surface area contributed by atoms with Crippen LogP contribution >= 0.6 is 0 Å². The van der Waals surface area contributed by atoms with E-state index >= 15 is 0 Å². The minimum Gasteiger partial charge on any atom is -0.495 e. The van der Waals surface area contributed by atoms with Crippen molar-refractivity contribution in [2.75, 3.05) is 45.3 Å². The van der Waals surface area contributed by atoms with Crippen molar-refractivity contribution < 1.29 is 14.3 Å². The summed E-state index contributed by atoms with van der Waals surface area (Å²) in [5.41, 5.74) is 0.759. The molecule has 0 aliphatic carbocycles. The number of nitrogens with one attached hydrogen (secondary N) is 1. The Labute approximate surface area is 144 Å². The minimum absolute atomic E-state index is 0.0980. The number of para-hydroxylation sites is 2. The summed E-state index contributed by atoms with van der Waals surface area (Å²) >= 11 is 0. The topological polar surface area (TPSA) is 50.8 Å². The molecule has 0 unspecified atom stereocenters. The van der Waals surface area contributed by atoms with Crippen molar-refractivity contribution in [3.63, 3.8) is 0 Å². The van der Waals surface area contributed by atoms with E-state index in [1.807, 2.05) is 24.3 Å². The molecule has 0 bridgehead atoms. The lowest BCUT2D eigenvalue weighted by atomic mass is 9.93. The van der Waals surface area contributed by atoms with E-state index < -0.39 is 0 Å². The van der Waals surface area contributed by atoms with Crippen molar-refractivity contribution in [3.05, 3.63) is 24.3 Å². The third-order valence-electron chi connectivity index (χ3n) is 5.18. The van der Waals surface area contributed by atoms with E-state index in [-0.39, 0.29) is 11.8 Å². The van der Waals surface area contributed by atoms with Gasteiger partial charge in [-0.25, -0.2) is 0 Å². The molecule has 2 saturated heterocycles. The number of carbonyl (C=O) groups excluding carboxylic acids is 1. The number of amides is 1. The van der Waals surface area contributed by atoms with Crippen LogP contribution in [-0.2, 0) is 9.53 Å². The molecule has 2 fully saturated rings. The maximum atomic E-state index is 12.5. The number of likely N-dealkylation sites (tertiary alicyclic amines) is 1. The van der Waals surface area contributed by atoms with Gasteiger partial charge in [-0.15, -0.1) is 0 Å². The largest absolute Gasteiger partial charge is 0.495 e. The zero-order chi connectivity index (χ0) is 16.8. The lowest BCUT2D eigenvalue weighted by Crippen LogP contribution is -2.41. The zero-order valence-electron chi connectivity index (χ0n) is 14.5. The number of ether oxygens (including phenoxy) is 2. The fraction of sp³-hybridized carbons (Fsp3) is 0.632. The number of piperidine rings is 1. The van der Waals surface area contributed by atoms with E-state index in [9.17, 15) is 4.79 Å². The van der Waals surface area contributed by atoms with Gasteiger partial charge in [0.05, 0.1) is 12.8 Å². The van der Waals surface area contributed by atoms with E-state index in [0.717, 1.165) is 57.3 Å². The molecule has 5 heteroatoms. The van der Waals surface area contributed by atoms with Crippen LogP contribution in [0, 0.1) is 11.8 Å². The molecule has 0 aromatic heterocycles. The number of carbonyl (C=O) groups is 1. The fourth-order valence-electron chi connectivity index (χ4n) is 3.65. The predicted molar refractivity (Wildman–Crippen MR) is 94.3 cm³/mol. The van der Waals surface area contributed by atoms with E-state index in [1.165, 1.54) is 12.8 Å². The van der Waals surface area contributed by atoms with Gasteiger partial charge >= 0.3 is 0 Å². The van der Waals surface area contributed by atoms with Crippen molar-refractivity contribution in [2.24, 2.45) is 11.8 Å². The number of rotatable bonds is 5. The van der Waals surface area contributed by atoms with Crippen molar-refractivity contribution in [1.82, 2.24) is 4.90 Å². The average Bonchev–Trinajstić information content (AvgIpc) is 2.63. The molecule has 0 atom stereocenters. The van der Waals surface area contributed by atoms with Crippen LogP contribution in [-0.4, -0.2) is 50.8 Å². The Hall–Kier alpha value is -1.59. The summed E-state index contributed by atoms with van der Waals surface area (Å²) in [7, 11) is 1.62. The van der Waals surface area contributed by atoms with Crippen LogP contribution in [0.1, 0.15) is 25.7 Å². The van der Waals surface area contributed by atoms with Gasteiger partial charge in [0.1, 0.15) is 5.75 Å². The second kappa shape index (κ2) is 8.49. The Morgan fingerprint density at radius 2 is 1.92 bits per heavy atom. The summed E-state index contributed by atoms with van der Waals surface area (Å²) < 4.78 is 10.7. The van der Waals surface area contributed by atoms with Crippen LogP contribution in [0.15, 0.2) is 24.3 Å². The van der Waals surface area contributed by atoms with Gasteiger partial charge in [0.25, 0.3) is 0 Å². The normalized spacial score (nSPS) is 20.7. The molecule has 2 aliphatic heterocycles. The molecule has 1 aromatic carbocycles. The number of anilines is 1. The van der Waals surface area contributed by atoms with Gasteiger partial charge < -0.3 is 19.7 Å². The molecule has 1 N–H and O–H groups in total. The van der Waals surface area contributed by atoms with Gasteiger partial charge in [-0.05, 0) is 56.8 Å². The van der Waals surface area contributed by atoms with Crippen LogP contribution in [0.2, 0.25) is 0 Å². The van der Waals surface area contributed by atoms with E-state index in [0.29, 0.717) is 5.75 Å². The van der Waals surface area contributed by atoms with Crippen LogP contribution < -0.4 is 10.1 Å². The number of hydrogen-bond acceptors (Lipinski definition) is 4. The Kier molecular flexibility index (Phi) is 6.10. The smallest absolute Gasteiger partial charge is 0.227 e. The Morgan fingerprint density at radius 3 is 2.62 bits per heavy atom. The number of hydrogen-bond donors (Lipinski definition) is 1. The minimum atomic E-state index is 0.0980. The molecule has 3 rings (SSSR count). The molecule has 24 heavy (non-hydrogen) atoms. The Morgan fingerprint density at radius 1 is 1.21 bits per heavy atom. The zero-order valence-corrected chi connectivity index (χ0v) is 14.5. The van der Waals surface area contributed by atoms with Gasteiger partial charge in [-0.1, -0.05) is 12.1 Å². The third-order valence-corrected chi connectivity index (χ3v) is 5.18. The highest BCUT2D eigenvalue weighted by atomic mass is 16.5. The van der Waals surface area contributed by atoms with Gasteiger partial charge in [0.2, 0.25) is 5.91 Å². The lowest BCUT2D eigenvalue weighted by Gasteiger charge is -2.34. The van der Waals surface area contributed by atoms with Gasteiger partial charge in [0, 0.05) is 25.7 Å². The number of methoxy groups -OCH3 is 1. The summed E-state index contributed by atoms with van der Waals surface area (Å²) in [6.07, 6.45) is 4.22. The monoisotopic (exact) mass is 332 g/mol.